The predicted molar refractivity (Wildman–Crippen MR) is 54.7 cm³/mol. The first-order valence-electron chi connectivity index (χ1n) is 5.30. The number of carbonyl (C=O) groups excluding carboxylic acids is 2. The van der Waals surface area contributed by atoms with Crippen molar-refractivity contribution in [1.82, 2.24) is 0 Å². The summed E-state index contributed by atoms with van der Waals surface area (Å²) in [6.45, 7) is 0. The van der Waals surface area contributed by atoms with Crippen LogP contribution in [0.4, 0.5) is 0 Å². The number of aliphatic carboxylic acids is 1. The lowest BCUT2D eigenvalue weighted by Gasteiger charge is -2.35. The van der Waals surface area contributed by atoms with Crippen LogP contribution in [0.15, 0.2) is 0 Å². The Labute approximate surface area is 93.8 Å². The molecule has 0 radical (unpaired) electrons. The smallest absolute Gasteiger partial charge is 0.312 e. The molecule has 0 amide bonds. The van der Waals surface area contributed by atoms with E-state index in [1.54, 1.807) is 0 Å². The maximum Gasteiger partial charge on any atom is 0.312 e. The van der Waals surface area contributed by atoms with Gasteiger partial charge in [0.15, 0.2) is 0 Å². The standard InChI is InChI=1S/C11H16O5/c1-16-10(15)11(6-7-12)4-2-8(3-5-11)9(13)14/h7-8H,2-6H2,1H3,(H,13,14). The summed E-state index contributed by atoms with van der Waals surface area (Å²) in [4.78, 5) is 33.0. The summed E-state index contributed by atoms with van der Waals surface area (Å²) in [5.74, 6) is -1.63. The minimum Gasteiger partial charge on any atom is -0.481 e. The molecule has 0 bridgehead atoms. The number of carboxylic acids is 1. The van der Waals surface area contributed by atoms with Crippen LogP contribution in [0.5, 0.6) is 0 Å². The van der Waals surface area contributed by atoms with Crippen LogP contribution < -0.4 is 0 Å². The van der Waals surface area contributed by atoms with Crippen molar-refractivity contribution in [3.05, 3.63) is 0 Å². The molecule has 1 aliphatic carbocycles. The van der Waals surface area contributed by atoms with Gasteiger partial charge in [-0.25, -0.2) is 0 Å². The van der Waals surface area contributed by atoms with Crippen LogP contribution in [0.2, 0.25) is 0 Å². The molecule has 1 N–H and O–H groups in total. The van der Waals surface area contributed by atoms with Crippen molar-refractivity contribution in [1.29, 1.82) is 0 Å². The van der Waals surface area contributed by atoms with Crippen molar-refractivity contribution in [2.75, 3.05) is 7.11 Å². The summed E-state index contributed by atoms with van der Waals surface area (Å²) in [7, 11) is 1.29. The summed E-state index contributed by atoms with van der Waals surface area (Å²) >= 11 is 0. The molecule has 0 aliphatic heterocycles. The maximum atomic E-state index is 11.6. The van der Waals surface area contributed by atoms with E-state index < -0.39 is 23.3 Å². The molecular weight excluding hydrogens is 212 g/mol. The van der Waals surface area contributed by atoms with Crippen molar-refractivity contribution >= 4 is 18.2 Å². The molecule has 0 aromatic heterocycles. The van der Waals surface area contributed by atoms with Gasteiger partial charge in [0, 0.05) is 6.42 Å². The lowest BCUT2D eigenvalue weighted by Crippen LogP contribution is -2.38. The van der Waals surface area contributed by atoms with Crippen LogP contribution in [0.1, 0.15) is 32.1 Å². The highest BCUT2D eigenvalue weighted by Crippen LogP contribution is 2.42. The van der Waals surface area contributed by atoms with E-state index in [-0.39, 0.29) is 6.42 Å². The molecule has 1 fully saturated rings. The monoisotopic (exact) mass is 228 g/mol. The lowest BCUT2D eigenvalue weighted by molar-refractivity contribution is -0.159. The van der Waals surface area contributed by atoms with Gasteiger partial charge in [-0.05, 0) is 25.7 Å². The maximum absolute atomic E-state index is 11.6. The highest BCUT2D eigenvalue weighted by atomic mass is 16.5. The fraction of sp³-hybridized carbons (Fsp3) is 0.727. The lowest BCUT2D eigenvalue weighted by atomic mass is 9.69. The number of hydrogen-bond acceptors (Lipinski definition) is 4. The molecule has 0 saturated heterocycles. The largest absolute Gasteiger partial charge is 0.481 e. The third-order valence-electron chi connectivity index (χ3n) is 3.38. The van der Waals surface area contributed by atoms with Crippen LogP contribution in [-0.2, 0) is 19.1 Å². The SMILES string of the molecule is COC(=O)C1(CC=O)CCC(C(=O)O)CC1. The molecule has 0 unspecified atom stereocenters. The van der Waals surface area contributed by atoms with Crippen molar-refractivity contribution in [2.45, 2.75) is 32.1 Å². The molecule has 0 spiro atoms. The van der Waals surface area contributed by atoms with Crippen molar-refractivity contribution in [3.63, 3.8) is 0 Å². The van der Waals surface area contributed by atoms with E-state index in [2.05, 4.69) is 0 Å². The van der Waals surface area contributed by atoms with E-state index in [9.17, 15) is 14.4 Å². The molecule has 0 aromatic rings. The highest BCUT2D eigenvalue weighted by Gasteiger charge is 2.43. The first-order valence-corrected chi connectivity index (χ1v) is 5.30. The number of carbonyl (C=O) groups is 3. The molecule has 16 heavy (non-hydrogen) atoms. The molecule has 90 valence electrons. The van der Waals surface area contributed by atoms with Gasteiger partial charge in [-0.1, -0.05) is 0 Å². The van der Waals surface area contributed by atoms with Gasteiger partial charge in [0.25, 0.3) is 0 Å². The third-order valence-corrected chi connectivity index (χ3v) is 3.38. The minimum absolute atomic E-state index is 0.117. The van der Waals surface area contributed by atoms with Gasteiger partial charge in [0.1, 0.15) is 6.29 Å². The number of carboxylic acid groups (broad SMARTS) is 1. The predicted octanol–water partition coefficient (Wildman–Crippen LogP) is 1.01. The second kappa shape index (κ2) is 5.09. The second-order valence-electron chi connectivity index (χ2n) is 4.26. The zero-order chi connectivity index (χ0) is 12.2. The quantitative estimate of drug-likeness (QED) is 0.573. The summed E-state index contributed by atoms with van der Waals surface area (Å²) in [6, 6.07) is 0. The Morgan fingerprint density at radius 3 is 2.38 bits per heavy atom. The summed E-state index contributed by atoms with van der Waals surface area (Å²) in [5.41, 5.74) is -0.789. The number of ether oxygens (including phenoxy) is 1. The summed E-state index contributed by atoms with van der Waals surface area (Å²) < 4.78 is 4.70. The Balaban J connectivity index is 2.73. The average Bonchev–Trinajstić information content (AvgIpc) is 2.29. The van der Waals surface area contributed by atoms with Crippen LogP contribution in [-0.4, -0.2) is 30.4 Å². The van der Waals surface area contributed by atoms with Gasteiger partial charge < -0.3 is 14.6 Å². The van der Waals surface area contributed by atoms with E-state index in [0.29, 0.717) is 32.0 Å². The second-order valence-corrected chi connectivity index (χ2v) is 4.26. The van der Waals surface area contributed by atoms with Crippen LogP contribution in [0.3, 0.4) is 0 Å². The van der Waals surface area contributed by atoms with Gasteiger partial charge in [-0.15, -0.1) is 0 Å². The highest BCUT2D eigenvalue weighted by molar-refractivity contribution is 5.80. The van der Waals surface area contributed by atoms with Gasteiger partial charge in [-0.2, -0.15) is 0 Å². The van der Waals surface area contributed by atoms with Crippen LogP contribution >= 0.6 is 0 Å². The zero-order valence-electron chi connectivity index (χ0n) is 9.27. The number of rotatable bonds is 4. The molecule has 0 heterocycles. The van der Waals surface area contributed by atoms with Crippen LogP contribution in [0, 0.1) is 11.3 Å². The van der Waals surface area contributed by atoms with Crippen molar-refractivity contribution < 1.29 is 24.2 Å². The Kier molecular flexibility index (Phi) is 4.04. The van der Waals surface area contributed by atoms with Crippen molar-refractivity contribution in [3.8, 4) is 0 Å². The number of aldehydes is 1. The Hall–Kier alpha value is -1.39. The Morgan fingerprint density at radius 1 is 1.44 bits per heavy atom. The first-order chi connectivity index (χ1) is 7.55. The van der Waals surface area contributed by atoms with Gasteiger partial charge in [0.2, 0.25) is 0 Å². The van der Waals surface area contributed by atoms with Gasteiger partial charge in [-0.3, -0.25) is 9.59 Å². The Bertz CT molecular complexity index is 289. The molecule has 5 nitrogen and oxygen atoms in total. The third kappa shape index (κ3) is 2.40. The molecule has 5 heteroatoms. The molecule has 0 aromatic carbocycles. The summed E-state index contributed by atoms with van der Waals surface area (Å²) in [5, 5.41) is 8.85. The fourth-order valence-corrected chi connectivity index (χ4v) is 2.28. The topological polar surface area (TPSA) is 80.7 Å². The zero-order valence-corrected chi connectivity index (χ0v) is 9.27. The number of esters is 1. The Morgan fingerprint density at radius 2 is 2.00 bits per heavy atom. The van der Waals surface area contributed by atoms with E-state index >= 15 is 0 Å². The van der Waals surface area contributed by atoms with Crippen LogP contribution in [0.25, 0.3) is 0 Å². The van der Waals surface area contributed by atoms with E-state index in [4.69, 9.17) is 9.84 Å². The van der Waals surface area contributed by atoms with E-state index in [1.165, 1.54) is 7.11 Å². The molecule has 1 rings (SSSR count). The summed E-state index contributed by atoms with van der Waals surface area (Å²) in [6.07, 6.45) is 2.51. The fourth-order valence-electron chi connectivity index (χ4n) is 2.28. The van der Waals surface area contributed by atoms with E-state index in [1.807, 2.05) is 0 Å². The molecule has 1 aliphatic rings. The molecular formula is C11H16O5. The van der Waals surface area contributed by atoms with E-state index in [0.717, 1.165) is 0 Å². The molecule has 0 atom stereocenters. The molecule has 1 saturated carbocycles. The average molecular weight is 228 g/mol. The number of methoxy groups -OCH3 is 1. The van der Waals surface area contributed by atoms with Crippen molar-refractivity contribution in [2.24, 2.45) is 11.3 Å². The minimum atomic E-state index is -0.829. The van der Waals surface area contributed by atoms with Gasteiger partial charge >= 0.3 is 11.9 Å². The van der Waals surface area contributed by atoms with Gasteiger partial charge in [0.05, 0.1) is 18.4 Å². The number of hydrogen-bond donors (Lipinski definition) is 1. The first kappa shape index (κ1) is 12.7. The normalized spacial score (nSPS) is 29.4.